The Morgan fingerprint density at radius 1 is 1.24 bits per heavy atom. The summed E-state index contributed by atoms with van der Waals surface area (Å²) in [4.78, 5) is 14.3. The normalized spacial score (nSPS) is 16.2. The van der Waals surface area contributed by atoms with Crippen molar-refractivity contribution in [1.29, 1.82) is 0 Å². The fourth-order valence-corrected chi connectivity index (χ4v) is 2.58. The van der Waals surface area contributed by atoms with E-state index in [1.54, 1.807) is 17.0 Å². The van der Waals surface area contributed by atoms with Gasteiger partial charge in [-0.05, 0) is 42.8 Å². The number of para-hydroxylation sites is 1. The van der Waals surface area contributed by atoms with Crippen LogP contribution >= 0.6 is 0 Å². The standard InChI is InChI=1S/C17H16FNO2/c1-2-19(14-9-7-13(18)8-10-14)17(20)16-11-12-5-3-4-6-15(12)21-16/h3-10,16H,2,11H2,1H3. The summed E-state index contributed by atoms with van der Waals surface area (Å²) in [5.74, 6) is 0.359. The molecule has 1 aliphatic rings. The Bertz CT molecular complexity index is 629. The van der Waals surface area contributed by atoms with E-state index in [1.165, 1.54) is 12.1 Å². The van der Waals surface area contributed by atoms with E-state index in [1.807, 2.05) is 31.2 Å². The highest BCUT2D eigenvalue weighted by molar-refractivity contribution is 5.97. The molecule has 0 N–H and O–H groups in total. The van der Waals surface area contributed by atoms with Crippen molar-refractivity contribution in [1.82, 2.24) is 0 Å². The third-order valence-electron chi connectivity index (χ3n) is 3.64. The summed E-state index contributed by atoms with van der Waals surface area (Å²) in [6.07, 6.45) is 0.0691. The predicted octanol–water partition coefficient (Wildman–Crippen LogP) is 3.18. The van der Waals surface area contributed by atoms with Crippen LogP contribution in [0.1, 0.15) is 12.5 Å². The molecule has 1 unspecified atom stereocenters. The van der Waals surface area contributed by atoms with Crippen molar-refractivity contribution in [2.24, 2.45) is 0 Å². The molecule has 1 atom stereocenters. The van der Waals surface area contributed by atoms with Gasteiger partial charge in [0.2, 0.25) is 0 Å². The minimum Gasteiger partial charge on any atom is -0.480 e. The highest BCUT2D eigenvalue weighted by atomic mass is 19.1. The molecule has 0 aliphatic carbocycles. The van der Waals surface area contributed by atoms with E-state index in [9.17, 15) is 9.18 Å². The molecule has 2 aromatic carbocycles. The third-order valence-corrected chi connectivity index (χ3v) is 3.64. The molecule has 4 heteroatoms. The fourth-order valence-electron chi connectivity index (χ4n) is 2.58. The van der Waals surface area contributed by atoms with E-state index in [-0.39, 0.29) is 11.7 Å². The van der Waals surface area contributed by atoms with Crippen LogP contribution in [-0.4, -0.2) is 18.6 Å². The number of fused-ring (bicyclic) bond motifs is 1. The van der Waals surface area contributed by atoms with Gasteiger partial charge in [-0.15, -0.1) is 0 Å². The number of anilines is 1. The van der Waals surface area contributed by atoms with Gasteiger partial charge < -0.3 is 9.64 Å². The van der Waals surface area contributed by atoms with Crippen molar-refractivity contribution in [2.75, 3.05) is 11.4 Å². The predicted molar refractivity (Wildman–Crippen MR) is 79.0 cm³/mol. The number of benzene rings is 2. The quantitative estimate of drug-likeness (QED) is 0.867. The van der Waals surface area contributed by atoms with Crippen LogP contribution in [0.4, 0.5) is 10.1 Å². The van der Waals surface area contributed by atoms with Crippen LogP contribution in [-0.2, 0) is 11.2 Å². The lowest BCUT2D eigenvalue weighted by Gasteiger charge is -2.24. The average Bonchev–Trinajstić information content (AvgIpc) is 2.93. The van der Waals surface area contributed by atoms with Gasteiger partial charge in [0.1, 0.15) is 11.6 Å². The minimum absolute atomic E-state index is 0.0969. The first-order chi connectivity index (χ1) is 10.2. The van der Waals surface area contributed by atoms with Gasteiger partial charge in [-0.1, -0.05) is 18.2 Å². The number of nitrogens with zero attached hydrogens (tertiary/aromatic N) is 1. The molecule has 1 heterocycles. The Kier molecular flexibility index (Phi) is 3.60. The summed E-state index contributed by atoms with van der Waals surface area (Å²) in [5, 5.41) is 0. The molecule has 0 bridgehead atoms. The van der Waals surface area contributed by atoms with Crippen molar-refractivity contribution in [3.05, 3.63) is 59.9 Å². The molecule has 0 aromatic heterocycles. The number of hydrogen-bond acceptors (Lipinski definition) is 2. The molecule has 0 fully saturated rings. The fraction of sp³-hybridized carbons (Fsp3) is 0.235. The van der Waals surface area contributed by atoms with Crippen LogP contribution in [0.3, 0.4) is 0 Å². The lowest BCUT2D eigenvalue weighted by Crippen LogP contribution is -2.41. The Morgan fingerprint density at radius 3 is 2.62 bits per heavy atom. The first kappa shape index (κ1) is 13.6. The van der Waals surface area contributed by atoms with Crippen LogP contribution in [0.2, 0.25) is 0 Å². The lowest BCUT2D eigenvalue weighted by molar-refractivity contribution is -0.124. The Balaban J connectivity index is 1.80. The molecule has 0 saturated carbocycles. The van der Waals surface area contributed by atoms with Crippen LogP contribution in [0.15, 0.2) is 48.5 Å². The molecule has 0 saturated heterocycles. The molecule has 1 aliphatic heterocycles. The number of carbonyl (C=O) groups is 1. The van der Waals surface area contributed by atoms with Crippen LogP contribution in [0, 0.1) is 5.82 Å². The first-order valence-corrected chi connectivity index (χ1v) is 7.00. The molecule has 1 amide bonds. The Labute approximate surface area is 123 Å². The highest BCUT2D eigenvalue weighted by Gasteiger charge is 2.32. The summed E-state index contributed by atoms with van der Waals surface area (Å²) < 4.78 is 18.7. The molecule has 2 aromatic rings. The maximum atomic E-state index is 13.0. The van der Waals surface area contributed by atoms with Crippen LogP contribution in [0.5, 0.6) is 5.75 Å². The number of likely N-dealkylation sites (N-methyl/N-ethyl adjacent to an activating group) is 1. The molecule has 0 spiro atoms. The second-order valence-electron chi connectivity index (χ2n) is 4.98. The monoisotopic (exact) mass is 285 g/mol. The maximum absolute atomic E-state index is 13.0. The number of halogens is 1. The van der Waals surface area contributed by atoms with Gasteiger partial charge in [-0.3, -0.25) is 4.79 Å². The zero-order valence-corrected chi connectivity index (χ0v) is 11.8. The van der Waals surface area contributed by atoms with Crippen LogP contribution in [0.25, 0.3) is 0 Å². The Hall–Kier alpha value is -2.36. The molecule has 3 rings (SSSR count). The topological polar surface area (TPSA) is 29.5 Å². The van der Waals surface area contributed by atoms with E-state index < -0.39 is 6.10 Å². The van der Waals surface area contributed by atoms with Crippen molar-refractivity contribution in [2.45, 2.75) is 19.4 Å². The SMILES string of the molecule is CCN(C(=O)C1Cc2ccccc2O1)c1ccc(F)cc1. The summed E-state index contributed by atoms with van der Waals surface area (Å²) in [6, 6.07) is 13.6. The number of rotatable bonds is 3. The second-order valence-corrected chi connectivity index (χ2v) is 4.98. The summed E-state index contributed by atoms with van der Waals surface area (Å²) in [6.45, 7) is 2.41. The number of ether oxygens (including phenoxy) is 1. The second kappa shape index (κ2) is 5.56. The van der Waals surface area contributed by atoms with E-state index in [0.717, 1.165) is 11.3 Å². The molecular formula is C17H16FNO2. The largest absolute Gasteiger partial charge is 0.480 e. The van der Waals surface area contributed by atoms with Gasteiger partial charge in [0, 0.05) is 18.7 Å². The van der Waals surface area contributed by atoms with Crippen molar-refractivity contribution < 1.29 is 13.9 Å². The number of hydrogen-bond donors (Lipinski definition) is 0. The molecule has 21 heavy (non-hydrogen) atoms. The molecular weight excluding hydrogens is 269 g/mol. The molecule has 0 radical (unpaired) electrons. The summed E-state index contributed by atoms with van der Waals surface area (Å²) in [5.41, 5.74) is 1.73. The van der Waals surface area contributed by atoms with E-state index in [2.05, 4.69) is 0 Å². The van der Waals surface area contributed by atoms with E-state index in [4.69, 9.17) is 4.74 Å². The summed E-state index contributed by atoms with van der Waals surface area (Å²) in [7, 11) is 0. The highest BCUT2D eigenvalue weighted by Crippen LogP contribution is 2.29. The van der Waals surface area contributed by atoms with E-state index >= 15 is 0 Å². The number of amides is 1. The minimum atomic E-state index is -0.507. The van der Waals surface area contributed by atoms with Gasteiger partial charge in [-0.25, -0.2) is 4.39 Å². The summed E-state index contributed by atoms with van der Waals surface area (Å²) >= 11 is 0. The van der Waals surface area contributed by atoms with Gasteiger partial charge in [0.15, 0.2) is 6.10 Å². The first-order valence-electron chi connectivity index (χ1n) is 7.00. The molecule has 3 nitrogen and oxygen atoms in total. The van der Waals surface area contributed by atoms with Crippen LogP contribution < -0.4 is 9.64 Å². The van der Waals surface area contributed by atoms with Gasteiger partial charge in [0.25, 0.3) is 5.91 Å². The zero-order chi connectivity index (χ0) is 14.8. The van der Waals surface area contributed by atoms with Gasteiger partial charge in [-0.2, -0.15) is 0 Å². The van der Waals surface area contributed by atoms with Gasteiger partial charge in [0.05, 0.1) is 0 Å². The smallest absolute Gasteiger partial charge is 0.268 e. The molecule has 108 valence electrons. The maximum Gasteiger partial charge on any atom is 0.268 e. The Morgan fingerprint density at radius 2 is 1.95 bits per heavy atom. The van der Waals surface area contributed by atoms with Gasteiger partial charge >= 0.3 is 0 Å². The lowest BCUT2D eigenvalue weighted by atomic mass is 10.1. The van der Waals surface area contributed by atoms with Crippen molar-refractivity contribution in [3.63, 3.8) is 0 Å². The van der Waals surface area contributed by atoms with Crippen molar-refractivity contribution in [3.8, 4) is 5.75 Å². The average molecular weight is 285 g/mol. The number of carbonyl (C=O) groups excluding carboxylic acids is 1. The zero-order valence-electron chi connectivity index (χ0n) is 11.8. The third kappa shape index (κ3) is 2.61. The van der Waals surface area contributed by atoms with Crippen molar-refractivity contribution >= 4 is 11.6 Å². The van der Waals surface area contributed by atoms with E-state index in [0.29, 0.717) is 18.7 Å².